The van der Waals surface area contributed by atoms with Gasteiger partial charge >= 0.3 is 0 Å². The monoisotopic (exact) mass is 356 g/mol. The Balaban J connectivity index is 1.65. The van der Waals surface area contributed by atoms with Gasteiger partial charge in [0, 0.05) is 23.3 Å². The predicted octanol–water partition coefficient (Wildman–Crippen LogP) is 4.98. The van der Waals surface area contributed by atoms with Gasteiger partial charge in [0.2, 0.25) is 0 Å². The van der Waals surface area contributed by atoms with Crippen molar-refractivity contribution in [3.05, 3.63) is 76.8 Å². The molecule has 0 unspecified atom stereocenters. The fraction of sp³-hybridized carbons (Fsp3) is 0.158. The van der Waals surface area contributed by atoms with Gasteiger partial charge in [-0.25, -0.2) is 14.4 Å². The van der Waals surface area contributed by atoms with Crippen molar-refractivity contribution in [3.63, 3.8) is 0 Å². The average molecular weight is 357 g/mol. The second-order valence-corrected chi connectivity index (χ2v) is 6.06. The van der Waals surface area contributed by atoms with Gasteiger partial charge in [0.15, 0.2) is 0 Å². The standard InChI is InChI=1S/C19H18ClFN4/c1-13-23-18(22-9-8-14-4-2-5-15(20)10-14)12-19(24-13)25-17-7-3-6-16(21)11-17/h2-7,10-12H,8-9H2,1H3,(H2,22,23,24,25). The Labute approximate surface area is 151 Å². The average Bonchev–Trinajstić information content (AvgIpc) is 2.54. The zero-order valence-corrected chi connectivity index (χ0v) is 14.5. The summed E-state index contributed by atoms with van der Waals surface area (Å²) < 4.78 is 13.3. The van der Waals surface area contributed by atoms with E-state index >= 15 is 0 Å². The van der Waals surface area contributed by atoms with Crippen molar-refractivity contribution in [2.45, 2.75) is 13.3 Å². The van der Waals surface area contributed by atoms with Crippen LogP contribution in [-0.2, 0) is 6.42 Å². The fourth-order valence-electron chi connectivity index (χ4n) is 2.46. The highest BCUT2D eigenvalue weighted by Gasteiger charge is 2.04. The summed E-state index contributed by atoms with van der Waals surface area (Å²) >= 11 is 5.99. The van der Waals surface area contributed by atoms with E-state index in [0.29, 0.717) is 23.1 Å². The molecule has 3 rings (SSSR count). The third-order valence-corrected chi connectivity index (χ3v) is 3.78. The topological polar surface area (TPSA) is 49.8 Å². The minimum absolute atomic E-state index is 0.296. The molecule has 0 radical (unpaired) electrons. The first-order valence-electron chi connectivity index (χ1n) is 7.95. The molecule has 0 aliphatic carbocycles. The van der Waals surface area contributed by atoms with Crippen LogP contribution in [0.25, 0.3) is 0 Å². The molecule has 25 heavy (non-hydrogen) atoms. The van der Waals surface area contributed by atoms with Crippen LogP contribution in [0.4, 0.5) is 21.7 Å². The quantitative estimate of drug-likeness (QED) is 0.654. The second kappa shape index (κ2) is 7.94. The Hall–Kier alpha value is -2.66. The zero-order valence-electron chi connectivity index (χ0n) is 13.8. The van der Waals surface area contributed by atoms with Crippen LogP contribution in [0.3, 0.4) is 0 Å². The highest BCUT2D eigenvalue weighted by molar-refractivity contribution is 6.30. The van der Waals surface area contributed by atoms with Crippen LogP contribution in [0.2, 0.25) is 5.02 Å². The number of hydrogen-bond donors (Lipinski definition) is 2. The highest BCUT2D eigenvalue weighted by atomic mass is 35.5. The summed E-state index contributed by atoms with van der Waals surface area (Å²) in [5, 5.41) is 7.11. The third kappa shape index (κ3) is 5.16. The van der Waals surface area contributed by atoms with Crippen LogP contribution >= 0.6 is 11.6 Å². The smallest absolute Gasteiger partial charge is 0.136 e. The van der Waals surface area contributed by atoms with E-state index in [1.165, 1.54) is 12.1 Å². The van der Waals surface area contributed by atoms with E-state index in [2.05, 4.69) is 20.6 Å². The lowest BCUT2D eigenvalue weighted by atomic mass is 10.1. The van der Waals surface area contributed by atoms with Crippen molar-refractivity contribution in [1.29, 1.82) is 0 Å². The molecule has 0 aliphatic rings. The van der Waals surface area contributed by atoms with Crippen LogP contribution < -0.4 is 10.6 Å². The summed E-state index contributed by atoms with van der Waals surface area (Å²) in [6.07, 6.45) is 0.830. The second-order valence-electron chi connectivity index (χ2n) is 5.63. The molecule has 3 aromatic rings. The van der Waals surface area contributed by atoms with Crippen molar-refractivity contribution < 1.29 is 4.39 Å². The first kappa shape index (κ1) is 17.2. The molecule has 0 aliphatic heterocycles. The number of hydrogen-bond acceptors (Lipinski definition) is 4. The highest BCUT2D eigenvalue weighted by Crippen LogP contribution is 2.18. The van der Waals surface area contributed by atoms with Crippen LogP contribution in [0, 0.1) is 12.7 Å². The number of nitrogens with one attached hydrogen (secondary N) is 2. The van der Waals surface area contributed by atoms with E-state index in [9.17, 15) is 4.39 Å². The Bertz CT molecular complexity index is 870. The van der Waals surface area contributed by atoms with Gasteiger partial charge in [0.05, 0.1) is 0 Å². The first-order valence-corrected chi connectivity index (χ1v) is 8.33. The number of nitrogens with zero attached hydrogens (tertiary/aromatic N) is 2. The Morgan fingerprint density at radius 2 is 1.80 bits per heavy atom. The molecule has 0 saturated heterocycles. The molecule has 0 amide bonds. The number of benzene rings is 2. The molecule has 0 fully saturated rings. The number of rotatable bonds is 6. The summed E-state index contributed by atoms with van der Waals surface area (Å²) in [7, 11) is 0. The van der Waals surface area contributed by atoms with Crippen molar-refractivity contribution in [2.24, 2.45) is 0 Å². The lowest BCUT2D eigenvalue weighted by Gasteiger charge is -2.10. The van der Waals surface area contributed by atoms with E-state index in [1.54, 1.807) is 18.2 Å². The molecule has 1 heterocycles. The minimum Gasteiger partial charge on any atom is -0.370 e. The SMILES string of the molecule is Cc1nc(NCCc2cccc(Cl)c2)cc(Nc2cccc(F)c2)n1. The van der Waals surface area contributed by atoms with Gasteiger partial charge in [-0.15, -0.1) is 0 Å². The van der Waals surface area contributed by atoms with Crippen molar-refractivity contribution in [1.82, 2.24) is 9.97 Å². The molecule has 128 valence electrons. The van der Waals surface area contributed by atoms with E-state index in [-0.39, 0.29) is 5.82 Å². The summed E-state index contributed by atoms with van der Waals surface area (Å²) in [5.41, 5.74) is 1.80. The zero-order chi connectivity index (χ0) is 17.6. The number of aromatic nitrogens is 2. The van der Waals surface area contributed by atoms with Gasteiger partial charge in [-0.3, -0.25) is 0 Å². The van der Waals surface area contributed by atoms with Crippen LogP contribution in [0.15, 0.2) is 54.6 Å². The number of halogens is 2. The Morgan fingerprint density at radius 3 is 2.60 bits per heavy atom. The molecule has 0 bridgehead atoms. The summed E-state index contributed by atoms with van der Waals surface area (Å²) in [5.74, 6) is 1.67. The maximum Gasteiger partial charge on any atom is 0.136 e. The van der Waals surface area contributed by atoms with Crippen molar-refractivity contribution in [2.75, 3.05) is 17.2 Å². The maximum absolute atomic E-state index is 13.3. The lowest BCUT2D eigenvalue weighted by Crippen LogP contribution is -2.08. The number of anilines is 3. The molecule has 1 aromatic heterocycles. The predicted molar refractivity (Wildman–Crippen MR) is 100 cm³/mol. The van der Waals surface area contributed by atoms with Gasteiger partial charge in [-0.05, 0) is 49.2 Å². The van der Waals surface area contributed by atoms with E-state index in [1.807, 2.05) is 31.2 Å². The normalized spacial score (nSPS) is 10.5. The van der Waals surface area contributed by atoms with Crippen LogP contribution in [0.1, 0.15) is 11.4 Å². The molecule has 0 atom stereocenters. The summed E-state index contributed by atoms with van der Waals surface area (Å²) in [6, 6.07) is 15.8. The molecule has 0 spiro atoms. The fourth-order valence-corrected chi connectivity index (χ4v) is 2.68. The molecule has 0 saturated carbocycles. The van der Waals surface area contributed by atoms with E-state index < -0.39 is 0 Å². The van der Waals surface area contributed by atoms with E-state index in [0.717, 1.165) is 23.6 Å². The largest absolute Gasteiger partial charge is 0.370 e. The van der Waals surface area contributed by atoms with Crippen molar-refractivity contribution in [3.8, 4) is 0 Å². The van der Waals surface area contributed by atoms with Crippen LogP contribution in [0.5, 0.6) is 0 Å². The lowest BCUT2D eigenvalue weighted by molar-refractivity contribution is 0.628. The van der Waals surface area contributed by atoms with Crippen LogP contribution in [-0.4, -0.2) is 16.5 Å². The molecule has 6 heteroatoms. The first-order chi connectivity index (χ1) is 12.1. The Morgan fingerprint density at radius 1 is 1.00 bits per heavy atom. The minimum atomic E-state index is -0.296. The van der Waals surface area contributed by atoms with E-state index in [4.69, 9.17) is 11.6 Å². The van der Waals surface area contributed by atoms with Gasteiger partial charge in [0.1, 0.15) is 23.3 Å². The van der Waals surface area contributed by atoms with Gasteiger partial charge in [-0.1, -0.05) is 29.8 Å². The summed E-state index contributed by atoms with van der Waals surface area (Å²) in [4.78, 5) is 8.71. The van der Waals surface area contributed by atoms with Gasteiger partial charge in [0.25, 0.3) is 0 Å². The molecule has 2 aromatic carbocycles. The molecule has 2 N–H and O–H groups in total. The third-order valence-electron chi connectivity index (χ3n) is 3.54. The number of aryl methyl sites for hydroxylation is 1. The molecule has 4 nitrogen and oxygen atoms in total. The molecular formula is C19H18ClFN4. The Kier molecular flexibility index (Phi) is 5.46. The summed E-state index contributed by atoms with van der Waals surface area (Å²) in [6.45, 7) is 2.54. The van der Waals surface area contributed by atoms with Gasteiger partial charge in [-0.2, -0.15) is 0 Å². The molecular weight excluding hydrogens is 339 g/mol. The maximum atomic E-state index is 13.3. The van der Waals surface area contributed by atoms with Gasteiger partial charge < -0.3 is 10.6 Å². The van der Waals surface area contributed by atoms with Crippen molar-refractivity contribution >= 4 is 28.9 Å².